The van der Waals surface area contributed by atoms with E-state index in [9.17, 15) is 0 Å². The second-order valence-corrected chi connectivity index (χ2v) is 4.80. The van der Waals surface area contributed by atoms with Crippen molar-refractivity contribution < 1.29 is 4.74 Å². The number of rotatable bonds is 5. The molecule has 0 amide bonds. The standard InChI is InChI=1S/C12H18BrNO/c1-9(7-14-3)8-15-12-6-11(13)5-4-10(12)2/h4-6,9,14H,7-8H2,1-3H3. The van der Waals surface area contributed by atoms with Crippen molar-refractivity contribution >= 4 is 15.9 Å². The van der Waals surface area contributed by atoms with Crippen molar-refractivity contribution in [2.24, 2.45) is 5.92 Å². The summed E-state index contributed by atoms with van der Waals surface area (Å²) in [5, 5.41) is 3.14. The van der Waals surface area contributed by atoms with Crippen molar-refractivity contribution in [2.75, 3.05) is 20.2 Å². The molecule has 0 heterocycles. The van der Waals surface area contributed by atoms with Gasteiger partial charge in [-0.1, -0.05) is 28.9 Å². The highest BCUT2D eigenvalue weighted by Gasteiger charge is 2.04. The molecule has 0 aromatic heterocycles. The summed E-state index contributed by atoms with van der Waals surface area (Å²) in [6.45, 7) is 5.96. The van der Waals surface area contributed by atoms with Crippen LogP contribution in [0.3, 0.4) is 0 Å². The molecule has 0 spiro atoms. The largest absolute Gasteiger partial charge is 0.493 e. The van der Waals surface area contributed by atoms with Gasteiger partial charge in [0.25, 0.3) is 0 Å². The van der Waals surface area contributed by atoms with Gasteiger partial charge in [-0.25, -0.2) is 0 Å². The monoisotopic (exact) mass is 271 g/mol. The summed E-state index contributed by atoms with van der Waals surface area (Å²) in [5.41, 5.74) is 1.18. The van der Waals surface area contributed by atoms with E-state index in [0.717, 1.165) is 23.4 Å². The molecule has 2 nitrogen and oxygen atoms in total. The normalized spacial score (nSPS) is 12.5. The van der Waals surface area contributed by atoms with Crippen LogP contribution in [0.2, 0.25) is 0 Å². The van der Waals surface area contributed by atoms with Crippen molar-refractivity contribution in [1.82, 2.24) is 5.32 Å². The maximum atomic E-state index is 5.76. The molecule has 0 bridgehead atoms. The van der Waals surface area contributed by atoms with Crippen molar-refractivity contribution in [1.29, 1.82) is 0 Å². The minimum Gasteiger partial charge on any atom is -0.493 e. The molecule has 0 radical (unpaired) electrons. The summed E-state index contributed by atoms with van der Waals surface area (Å²) < 4.78 is 6.82. The molecule has 84 valence electrons. The molecule has 0 aliphatic heterocycles. The van der Waals surface area contributed by atoms with Crippen LogP contribution < -0.4 is 10.1 Å². The number of halogens is 1. The van der Waals surface area contributed by atoms with Crippen molar-refractivity contribution in [3.8, 4) is 5.75 Å². The lowest BCUT2D eigenvalue weighted by molar-refractivity contribution is 0.256. The Morgan fingerprint density at radius 2 is 2.20 bits per heavy atom. The van der Waals surface area contributed by atoms with Gasteiger partial charge < -0.3 is 10.1 Å². The molecule has 0 aliphatic carbocycles. The van der Waals surface area contributed by atoms with Crippen LogP contribution in [0.1, 0.15) is 12.5 Å². The van der Waals surface area contributed by atoms with Crippen LogP contribution in [-0.2, 0) is 0 Å². The molecule has 1 aromatic carbocycles. The lowest BCUT2D eigenvalue weighted by Gasteiger charge is -2.14. The van der Waals surface area contributed by atoms with Gasteiger partial charge in [0.2, 0.25) is 0 Å². The topological polar surface area (TPSA) is 21.3 Å². The fourth-order valence-electron chi connectivity index (χ4n) is 1.37. The Morgan fingerprint density at radius 3 is 2.87 bits per heavy atom. The van der Waals surface area contributed by atoms with Crippen LogP contribution in [-0.4, -0.2) is 20.2 Å². The fraction of sp³-hybridized carbons (Fsp3) is 0.500. The zero-order valence-corrected chi connectivity index (χ0v) is 11.1. The molecule has 1 aromatic rings. The predicted molar refractivity (Wildman–Crippen MR) is 67.5 cm³/mol. The van der Waals surface area contributed by atoms with Gasteiger partial charge in [-0.15, -0.1) is 0 Å². The zero-order chi connectivity index (χ0) is 11.3. The van der Waals surface area contributed by atoms with Gasteiger partial charge in [0.1, 0.15) is 5.75 Å². The highest BCUT2D eigenvalue weighted by molar-refractivity contribution is 9.10. The van der Waals surface area contributed by atoms with E-state index in [4.69, 9.17) is 4.74 Å². The Balaban J connectivity index is 2.53. The van der Waals surface area contributed by atoms with E-state index in [1.807, 2.05) is 19.2 Å². The van der Waals surface area contributed by atoms with Gasteiger partial charge in [-0.3, -0.25) is 0 Å². The third-order valence-corrected chi connectivity index (χ3v) is 2.72. The van der Waals surface area contributed by atoms with Crippen molar-refractivity contribution in [2.45, 2.75) is 13.8 Å². The molecule has 0 aliphatic rings. The lowest BCUT2D eigenvalue weighted by Crippen LogP contribution is -2.21. The minimum atomic E-state index is 0.522. The third kappa shape index (κ3) is 4.22. The molecule has 0 saturated carbocycles. The number of benzene rings is 1. The number of hydrogen-bond acceptors (Lipinski definition) is 2. The van der Waals surface area contributed by atoms with E-state index in [2.05, 4.69) is 41.2 Å². The smallest absolute Gasteiger partial charge is 0.123 e. The molecule has 0 fully saturated rings. The second-order valence-electron chi connectivity index (χ2n) is 3.88. The second kappa shape index (κ2) is 6.13. The van der Waals surface area contributed by atoms with Gasteiger partial charge in [-0.2, -0.15) is 0 Å². The molecule has 0 saturated heterocycles. The maximum Gasteiger partial charge on any atom is 0.123 e. The van der Waals surface area contributed by atoms with Crippen molar-refractivity contribution in [3.63, 3.8) is 0 Å². The Bertz CT molecular complexity index is 314. The van der Waals surface area contributed by atoms with Crippen LogP contribution in [0.5, 0.6) is 5.75 Å². The number of ether oxygens (including phenoxy) is 1. The minimum absolute atomic E-state index is 0.522. The SMILES string of the molecule is CNCC(C)COc1cc(Br)ccc1C. The van der Waals surface area contributed by atoms with Crippen LogP contribution in [0.4, 0.5) is 0 Å². The first-order chi connectivity index (χ1) is 7.13. The Morgan fingerprint density at radius 1 is 1.47 bits per heavy atom. The highest BCUT2D eigenvalue weighted by Crippen LogP contribution is 2.23. The summed E-state index contributed by atoms with van der Waals surface area (Å²) in [7, 11) is 1.96. The van der Waals surface area contributed by atoms with E-state index in [1.54, 1.807) is 0 Å². The molecule has 1 atom stereocenters. The first-order valence-electron chi connectivity index (χ1n) is 5.17. The van der Waals surface area contributed by atoms with Crippen LogP contribution in [0, 0.1) is 12.8 Å². The first-order valence-corrected chi connectivity index (χ1v) is 5.96. The predicted octanol–water partition coefficient (Wildman–Crippen LogP) is 2.99. The Kier molecular flexibility index (Phi) is 5.12. The van der Waals surface area contributed by atoms with Gasteiger partial charge in [0, 0.05) is 16.9 Å². The number of hydrogen-bond donors (Lipinski definition) is 1. The summed E-state index contributed by atoms with van der Waals surface area (Å²) in [6.07, 6.45) is 0. The Hall–Kier alpha value is -0.540. The van der Waals surface area contributed by atoms with E-state index in [-0.39, 0.29) is 0 Å². The van der Waals surface area contributed by atoms with E-state index in [1.165, 1.54) is 5.56 Å². The summed E-state index contributed by atoms with van der Waals surface area (Å²) in [5.74, 6) is 1.49. The zero-order valence-electron chi connectivity index (χ0n) is 9.51. The molecular weight excluding hydrogens is 254 g/mol. The van der Waals surface area contributed by atoms with Gasteiger partial charge >= 0.3 is 0 Å². The molecule has 1 rings (SSSR count). The molecule has 15 heavy (non-hydrogen) atoms. The van der Waals surface area contributed by atoms with E-state index >= 15 is 0 Å². The molecule has 1 unspecified atom stereocenters. The van der Waals surface area contributed by atoms with Crippen LogP contribution >= 0.6 is 15.9 Å². The Labute approximate surface area is 100 Å². The van der Waals surface area contributed by atoms with Crippen LogP contribution in [0.25, 0.3) is 0 Å². The van der Waals surface area contributed by atoms with E-state index in [0.29, 0.717) is 5.92 Å². The average molecular weight is 272 g/mol. The molecular formula is C12H18BrNO. The van der Waals surface area contributed by atoms with Gasteiger partial charge in [0.15, 0.2) is 0 Å². The van der Waals surface area contributed by atoms with E-state index < -0.39 is 0 Å². The maximum absolute atomic E-state index is 5.76. The summed E-state index contributed by atoms with van der Waals surface area (Å²) in [4.78, 5) is 0. The summed E-state index contributed by atoms with van der Waals surface area (Å²) in [6, 6.07) is 6.10. The third-order valence-electron chi connectivity index (χ3n) is 2.23. The molecule has 1 N–H and O–H groups in total. The lowest BCUT2D eigenvalue weighted by atomic mass is 10.2. The van der Waals surface area contributed by atoms with Crippen molar-refractivity contribution in [3.05, 3.63) is 28.2 Å². The number of nitrogens with one attached hydrogen (secondary N) is 1. The highest BCUT2D eigenvalue weighted by atomic mass is 79.9. The summed E-state index contributed by atoms with van der Waals surface area (Å²) >= 11 is 3.44. The number of aryl methyl sites for hydroxylation is 1. The van der Waals surface area contributed by atoms with Crippen LogP contribution in [0.15, 0.2) is 22.7 Å². The average Bonchev–Trinajstić information content (AvgIpc) is 2.20. The quantitative estimate of drug-likeness (QED) is 0.889. The first kappa shape index (κ1) is 12.5. The fourth-order valence-corrected chi connectivity index (χ4v) is 1.71. The van der Waals surface area contributed by atoms with Gasteiger partial charge in [0.05, 0.1) is 6.61 Å². The molecule has 3 heteroatoms. The van der Waals surface area contributed by atoms with Gasteiger partial charge in [-0.05, 0) is 31.7 Å².